The van der Waals surface area contributed by atoms with Crippen molar-refractivity contribution in [2.24, 2.45) is 5.92 Å². The first-order valence-electron chi connectivity index (χ1n) is 10.3. The van der Waals surface area contributed by atoms with E-state index in [0.29, 0.717) is 25.7 Å². The second kappa shape index (κ2) is 10.6. The van der Waals surface area contributed by atoms with Gasteiger partial charge < -0.3 is 25.2 Å². The summed E-state index contributed by atoms with van der Waals surface area (Å²) in [6, 6.07) is 9.99. The van der Waals surface area contributed by atoms with Gasteiger partial charge >= 0.3 is 5.97 Å². The van der Waals surface area contributed by atoms with Crippen LogP contribution in [0.2, 0.25) is 0 Å². The molecular weight excluding hydrogens is 372 g/mol. The maximum Gasteiger partial charge on any atom is 0.306 e. The summed E-state index contributed by atoms with van der Waals surface area (Å²) in [5, 5.41) is 41.4. The number of carboxylic acid groups (broad SMARTS) is 2. The van der Waals surface area contributed by atoms with Gasteiger partial charge in [0.1, 0.15) is 0 Å². The number of carbonyl (C=O) groups is 2. The maximum atomic E-state index is 11.2. The summed E-state index contributed by atoms with van der Waals surface area (Å²) in [5.74, 6) is -2.45. The molecular formula is C23H31O6-. The van der Waals surface area contributed by atoms with Crippen LogP contribution in [0.5, 0.6) is 0 Å². The summed E-state index contributed by atoms with van der Waals surface area (Å²) in [7, 11) is 0. The van der Waals surface area contributed by atoms with Crippen LogP contribution in [0.25, 0.3) is 0 Å². The zero-order valence-electron chi connectivity index (χ0n) is 16.8. The Morgan fingerprint density at radius 2 is 1.97 bits per heavy atom. The molecule has 6 heteroatoms. The average Bonchev–Trinajstić information content (AvgIpc) is 2.63. The van der Waals surface area contributed by atoms with Crippen molar-refractivity contribution in [2.75, 3.05) is 0 Å². The molecule has 160 valence electrons. The van der Waals surface area contributed by atoms with Crippen LogP contribution in [0, 0.1) is 5.92 Å². The van der Waals surface area contributed by atoms with Crippen LogP contribution in [0.15, 0.2) is 42.5 Å². The fraction of sp³-hybridized carbons (Fsp3) is 0.565. The van der Waals surface area contributed by atoms with Crippen molar-refractivity contribution in [3.8, 4) is 0 Å². The lowest BCUT2D eigenvalue weighted by Crippen LogP contribution is -2.41. The molecule has 1 aliphatic rings. The number of hydrogen-bond acceptors (Lipinski definition) is 5. The molecule has 1 aromatic carbocycles. The van der Waals surface area contributed by atoms with Gasteiger partial charge in [0.05, 0.1) is 17.6 Å². The minimum absolute atomic E-state index is 0.0993. The molecule has 6 nitrogen and oxygen atoms in total. The summed E-state index contributed by atoms with van der Waals surface area (Å²) in [6.07, 6.45) is 7.34. The molecule has 0 bridgehead atoms. The van der Waals surface area contributed by atoms with Crippen molar-refractivity contribution in [3.05, 3.63) is 48.0 Å². The number of aliphatic hydroxyl groups is 2. The molecule has 2 rings (SSSR count). The Morgan fingerprint density at radius 1 is 1.24 bits per heavy atom. The minimum Gasteiger partial charge on any atom is -0.550 e. The highest BCUT2D eigenvalue weighted by Crippen LogP contribution is 2.36. The first kappa shape index (κ1) is 23.1. The van der Waals surface area contributed by atoms with E-state index < -0.39 is 29.6 Å². The Hall–Kier alpha value is -2.18. The van der Waals surface area contributed by atoms with E-state index in [9.17, 15) is 30.0 Å². The molecule has 1 saturated carbocycles. The molecule has 1 fully saturated rings. The molecule has 0 heterocycles. The lowest BCUT2D eigenvalue weighted by molar-refractivity contribution is -0.309. The summed E-state index contributed by atoms with van der Waals surface area (Å²) in [5.41, 5.74) is -1.54. The number of aryl methyl sites for hydroxylation is 1. The first-order chi connectivity index (χ1) is 13.7. The average molecular weight is 403 g/mol. The molecule has 3 atom stereocenters. The quantitative estimate of drug-likeness (QED) is 0.385. The smallest absolute Gasteiger partial charge is 0.306 e. The van der Waals surface area contributed by atoms with Crippen molar-refractivity contribution in [1.29, 1.82) is 0 Å². The van der Waals surface area contributed by atoms with Crippen LogP contribution in [0.1, 0.15) is 63.4 Å². The van der Waals surface area contributed by atoms with E-state index in [0.717, 1.165) is 19.3 Å². The lowest BCUT2D eigenvalue weighted by Gasteiger charge is -2.36. The van der Waals surface area contributed by atoms with Gasteiger partial charge in [-0.25, -0.2) is 0 Å². The van der Waals surface area contributed by atoms with Crippen molar-refractivity contribution < 1.29 is 30.0 Å². The van der Waals surface area contributed by atoms with Gasteiger partial charge in [0.2, 0.25) is 0 Å². The molecule has 0 saturated heterocycles. The second-order valence-electron chi connectivity index (χ2n) is 8.36. The van der Waals surface area contributed by atoms with Gasteiger partial charge in [-0.05, 0) is 62.8 Å². The van der Waals surface area contributed by atoms with Crippen molar-refractivity contribution in [2.45, 2.75) is 75.4 Å². The minimum atomic E-state index is -1.45. The van der Waals surface area contributed by atoms with Crippen molar-refractivity contribution >= 4 is 11.9 Å². The topological polar surface area (TPSA) is 118 Å². The third-order valence-corrected chi connectivity index (χ3v) is 5.64. The van der Waals surface area contributed by atoms with Crippen LogP contribution in [-0.4, -0.2) is 38.5 Å². The van der Waals surface area contributed by atoms with E-state index >= 15 is 0 Å². The molecule has 29 heavy (non-hydrogen) atoms. The van der Waals surface area contributed by atoms with Crippen LogP contribution in [0.3, 0.4) is 0 Å². The van der Waals surface area contributed by atoms with E-state index in [-0.39, 0.29) is 18.8 Å². The molecule has 0 aliphatic heterocycles. The molecule has 1 aromatic rings. The number of aliphatic carboxylic acids is 2. The Kier molecular flexibility index (Phi) is 8.41. The number of carbonyl (C=O) groups excluding carboxylic acids is 1. The second-order valence-corrected chi connectivity index (χ2v) is 8.36. The number of unbranched alkanes of at least 4 members (excludes halogenated alkanes) is 1. The van der Waals surface area contributed by atoms with Crippen LogP contribution in [0.4, 0.5) is 0 Å². The van der Waals surface area contributed by atoms with Gasteiger partial charge in [0.25, 0.3) is 0 Å². The summed E-state index contributed by atoms with van der Waals surface area (Å²) >= 11 is 0. The summed E-state index contributed by atoms with van der Waals surface area (Å²) < 4.78 is 0. The van der Waals surface area contributed by atoms with Crippen LogP contribution in [-0.2, 0) is 16.0 Å². The van der Waals surface area contributed by atoms with Gasteiger partial charge in [-0.2, -0.15) is 0 Å². The van der Waals surface area contributed by atoms with Gasteiger partial charge in [0, 0.05) is 12.4 Å². The predicted molar refractivity (Wildman–Crippen MR) is 107 cm³/mol. The highest BCUT2D eigenvalue weighted by Gasteiger charge is 2.34. The SMILES string of the molecule is O=C([O-])C[C@]1(O)CCC[C@H](/C=C/C(O)(CCCCc2ccccc2)CC(=O)O)C1. The molecule has 3 N–H and O–H groups in total. The van der Waals surface area contributed by atoms with Gasteiger partial charge in [0.15, 0.2) is 0 Å². The van der Waals surface area contributed by atoms with Gasteiger partial charge in [-0.15, -0.1) is 0 Å². The molecule has 0 aromatic heterocycles. The van der Waals surface area contributed by atoms with Gasteiger partial charge in [-0.1, -0.05) is 42.5 Å². The third kappa shape index (κ3) is 8.38. The van der Waals surface area contributed by atoms with E-state index in [1.54, 1.807) is 12.2 Å². The fourth-order valence-electron chi connectivity index (χ4n) is 4.19. The first-order valence-corrected chi connectivity index (χ1v) is 10.3. The van der Waals surface area contributed by atoms with Crippen LogP contribution < -0.4 is 5.11 Å². The van der Waals surface area contributed by atoms with Crippen LogP contribution >= 0.6 is 0 Å². The van der Waals surface area contributed by atoms with Crippen molar-refractivity contribution in [1.82, 2.24) is 0 Å². The van der Waals surface area contributed by atoms with E-state index in [2.05, 4.69) is 0 Å². The molecule has 0 radical (unpaired) electrons. The van der Waals surface area contributed by atoms with Crippen molar-refractivity contribution in [3.63, 3.8) is 0 Å². The normalized spacial score (nSPS) is 24.3. The lowest BCUT2D eigenvalue weighted by atomic mass is 9.75. The Labute approximate surface area is 171 Å². The fourth-order valence-corrected chi connectivity index (χ4v) is 4.19. The predicted octanol–water partition coefficient (Wildman–Crippen LogP) is 2.22. The standard InChI is InChI=1S/C23H32O6/c24-20(25)16-22(28,12-5-4-9-18-7-2-1-3-8-18)14-11-19-10-6-13-23(29,15-19)17-21(26)27/h1-3,7-8,11,14,19,28-29H,4-6,9-10,12-13,15-17H2,(H,24,25)(H,26,27)/p-1/b14-11+/t19-,22?,23+/m1/s1. The molecule has 0 spiro atoms. The van der Waals surface area contributed by atoms with E-state index in [1.807, 2.05) is 30.3 Å². The zero-order chi connectivity index (χ0) is 21.3. The number of benzene rings is 1. The monoisotopic (exact) mass is 403 g/mol. The summed E-state index contributed by atoms with van der Waals surface area (Å²) in [6.45, 7) is 0. The van der Waals surface area contributed by atoms with Gasteiger partial charge in [-0.3, -0.25) is 4.79 Å². The molecule has 1 unspecified atom stereocenters. The Balaban J connectivity index is 1.93. The van der Waals surface area contributed by atoms with E-state index in [1.165, 1.54) is 5.56 Å². The highest BCUT2D eigenvalue weighted by molar-refractivity contribution is 5.68. The number of rotatable bonds is 11. The summed E-state index contributed by atoms with van der Waals surface area (Å²) in [4.78, 5) is 22.1. The zero-order valence-corrected chi connectivity index (χ0v) is 16.8. The maximum absolute atomic E-state index is 11.2. The Bertz CT molecular complexity index is 701. The molecule has 0 amide bonds. The Morgan fingerprint density at radius 3 is 2.62 bits per heavy atom. The highest BCUT2D eigenvalue weighted by atomic mass is 16.4. The largest absolute Gasteiger partial charge is 0.550 e. The van der Waals surface area contributed by atoms with E-state index in [4.69, 9.17) is 0 Å². The number of carboxylic acids is 2. The molecule has 1 aliphatic carbocycles. The third-order valence-electron chi connectivity index (χ3n) is 5.64. The number of hydrogen-bond donors (Lipinski definition) is 3. The number of allylic oxidation sites excluding steroid dienone is 1.